The molecule has 6 heteroatoms. The van der Waals surface area contributed by atoms with Crippen LogP contribution in [0.5, 0.6) is 0 Å². The molecule has 0 aliphatic rings. The average molecular weight is 339 g/mol. The molecule has 0 unspecified atom stereocenters. The van der Waals surface area contributed by atoms with Gasteiger partial charge in [0, 0.05) is 19.3 Å². The van der Waals surface area contributed by atoms with E-state index in [1.165, 1.54) is 12.1 Å². The van der Waals surface area contributed by atoms with E-state index in [0.717, 1.165) is 23.0 Å². The molecule has 4 nitrogen and oxygen atoms in total. The number of halogens is 2. The molecule has 0 amide bonds. The van der Waals surface area contributed by atoms with E-state index < -0.39 is 0 Å². The summed E-state index contributed by atoms with van der Waals surface area (Å²) >= 11 is 3.40. The molecule has 0 atom stereocenters. The SMILES string of the molecule is CCCNc1ncc(Br)c(NCc2cccc(F)c2)n1. The molecule has 1 aromatic heterocycles. The summed E-state index contributed by atoms with van der Waals surface area (Å²) in [6, 6.07) is 6.48. The summed E-state index contributed by atoms with van der Waals surface area (Å²) in [7, 11) is 0. The molecule has 0 bridgehead atoms. The molecule has 2 N–H and O–H groups in total. The number of hydrogen-bond acceptors (Lipinski definition) is 4. The summed E-state index contributed by atoms with van der Waals surface area (Å²) < 4.78 is 13.9. The molecule has 2 rings (SSSR count). The van der Waals surface area contributed by atoms with E-state index in [4.69, 9.17) is 0 Å². The Kier molecular flexibility index (Phi) is 5.29. The molecule has 2 aromatic rings. The van der Waals surface area contributed by atoms with Crippen LogP contribution in [-0.2, 0) is 6.54 Å². The molecule has 0 saturated heterocycles. The molecular weight excluding hydrogens is 323 g/mol. The van der Waals surface area contributed by atoms with Crippen molar-refractivity contribution in [1.82, 2.24) is 9.97 Å². The zero-order valence-corrected chi connectivity index (χ0v) is 12.7. The topological polar surface area (TPSA) is 49.8 Å². The maximum atomic E-state index is 13.1. The summed E-state index contributed by atoms with van der Waals surface area (Å²) in [6.07, 6.45) is 2.70. The number of hydrogen-bond donors (Lipinski definition) is 2. The van der Waals surface area contributed by atoms with Crippen molar-refractivity contribution in [3.05, 3.63) is 46.3 Å². The van der Waals surface area contributed by atoms with Gasteiger partial charge in [0.25, 0.3) is 0 Å². The lowest BCUT2D eigenvalue weighted by atomic mass is 10.2. The zero-order chi connectivity index (χ0) is 14.4. The van der Waals surface area contributed by atoms with Crippen molar-refractivity contribution in [2.24, 2.45) is 0 Å². The highest BCUT2D eigenvalue weighted by atomic mass is 79.9. The number of nitrogens with zero attached hydrogens (tertiary/aromatic N) is 2. The van der Waals surface area contributed by atoms with Crippen molar-refractivity contribution in [2.75, 3.05) is 17.2 Å². The first-order valence-corrected chi connectivity index (χ1v) is 7.23. The first-order valence-electron chi connectivity index (χ1n) is 6.43. The van der Waals surface area contributed by atoms with Crippen molar-refractivity contribution in [2.45, 2.75) is 19.9 Å². The van der Waals surface area contributed by atoms with Crippen molar-refractivity contribution in [3.63, 3.8) is 0 Å². The lowest BCUT2D eigenvalue weighted by Gasteiger charge is -2.10. The third-order valence-electron chi connectivity index (χ3n) is 2.63. The van der Waals surface area contributed by atoms with Gasteiger partial charge in [0.1, 0.15) is 11.6 Å². The zero-order valence-electron chi connectivity index (χ0n) is 11.2. The molecule has 0 spiro atoms. The number of aromatic nitrogens is 2. The van der Waals surface area contributed by atoms with Gasteiger partial charge in [-0.05, 0) is 40.0 Å². The van der Waals surface area contributed by atoms with Crippen LogP contribution in [0, 0.1) is 5.82 Å². The maximum Gasteiger partial charge on any atom is 0.224 e. The molecule has 0 aliphatic heterocycles. The molecule has 1 heterocycles. The largest absolute Gasteiger partial charge is 0.365 e. The molecule has 1 aromatic carbocycles. The van der Waals surface area contributed by atoms with Gasteiger partial charge in [-0.2, -0.15) is 4.98 Å². The third-order valence-corrected chi connectivity index (χ3v) is 3.21. The molecule has 20 heavy (non-hydrogen) atoms. The molecule has 0 radical (unpaired) electrons. The number of benzene rings is 1. The predicted molar refractivity (Wildman–Crippen MR) is 82.2 cm³/mol. The molecule has 106 valence electrons. The van der Waals surface area contributed by atoms with E-state index in [1.54, 1.807) is 12.3 Å². The minimum atomic E-state index is -0.239. The minimum Gasteiger partial charge on any atom is -0.365 e. The van der Waals surface area contributed by atoms with Gasteiger partial charge in [0.05, 0.1) is 4.47 Å². The predicted octanol–water partition coefficient (Wildman–Crippen LogP) is 3.81. The fourth-order valence-electron chi connectivity index (χ4n) is 1.65. The highest BCUT2D eigenvalue weighted by Crippen LogP contribution is 2.21. The second kappa shape index (κ2) is 7.19. The van der Waals surface area contributed by atoms with Crippen LogP contribution >= 0.6 is 15.9 Å². The van der Waals surface area contributed by atoms with E-state index in [0.29, 0.717) is 18.3 Å². The van der Waals surface area contributed by atoms with Crippen molar-refractivity contribution in [3.8, 4) is 0 Å². The first kappa shape index (κ1) is 14.7. The minimum absolute atomic E-state index is 0.239. The number of rotatable bonds is 6. The number of nitrogens with one attached hydrogen (secondary N) is 2. The number of anilines is 2. The Hall–Kier alpha value is -1.69. The second-order valence-electron chi connectivity index (χ2n) is 4.30. The lowest BCUT2D eigenvalue weighted by molar-refractivity contribution is 0.626. The maximum absolute atomic E-state index is 13.1. The second-order valence-corrected chi connectivity index (χ2v) is 5.15. The summed E-state index contributed by atoms with van der Waals surface area (Å²) in [4.78, 5) is 8.55. The Bertz CT molecular complexity index is 577. The first-order chi connectivity index (χ1) is 9.69. The Morgan fingerprint density at radius 1 is 1.30 bits per heavy atom. The highest BCUT2D eigenvalue weighted by molar-refractivity contribution is 9.10. The van der Waals surface area contributed by atoms with Crippen molar-refractivity contribution in [1.29, 1.82) is 0 Å². The van der Waals surface area contributed by atoms with Crippen LogP contribution in [0.4, 0.5) is 16.2 Å². The van der Waals surface area contributed by atoms with Crippen LogP contribution in [0.15, 0.2) is 34.9 Å². The third kappa shape index (κ3) is 4.16. The average Bonchev–Trinajstić information content (AvgIpc) is 2.45. The van der Waals surface area contributed by atoms with E-state index in [1.807, 2.05) is 6.07 Å². The highest BCUT2D eigenvalue weighted by Gasteiger charge is 2.05. The standard InChI is InChI=1S/C14H16BrFN4/c1-2-6-17-14-19-9-12(15)13(20-14)18-8-10-4-3-5-11(16)7-10/h3-5,7,9H,2,6,8H2,1H3,(H2,17,18,19,20). The van der Waals surface area contributed by atoms with Gasteiger partial charge in [0.2, 0.25) is 5.95 Å². The lowest BCUT2D eigenvalue weighted by Crippen LogP contribution is -2.08. The van der Waals surface area contributed by atoms with Gasteiger partial charge in [0.15, 0.2) is 0 Å². The van der Waals surface area contributed by atoms with Crippen LogP contribution in [0.3, 0.4) is 0 Å². The van der Waals surface area contributed by atoms with Crippen LogP contribution in [0.25, 0.3) is 0 Å². The fourth-order valence-corrected chi connectivity index (χ4v) is 1.98. The molecule has 0 fully saturated rings. The Morgan fingerprint density at radius 2 is 2.15 bits per heavy atom. The van der Waals surface area contributed by atoms with E-state index in [2.05, 4.69) is 43.5 Å². The van der Waals surface area contributed by atoms with Crippen LogP contribution < -0.4 is 10.6 Å². The van der Waals surface area contributed by atoms with Gasteiger partial charge in [-0.3, -0.25) is 0 Å². The van der Waals surface area contributed by atoms with Crippen LogP contribution in [0.1, 0.15) is 18.9 Å². The molecule has 0 aliphatic carbocycles. The van der Waals surface area contributed by atoms with Gasteiger partial charge >= 0.3 is 0 Å². The smallest absolute Gasteiger partial charge is 0.224 e. The summed E-state index contributed by atoms with van der Waals surface area (Å²) in [5.74, 6) is 1.02. The van der Waals surface area contributed by atoms with Crippen molar-refractivity contribution >= 4 is 27.7 Å². The van der Waals surface area contributed by atoms with Gasteiger partial charge < -0.3 is 10.6 Å². The summed E-state index contributed by atoms with van der Waals surface area (Å²) in [6.45, 7) is 3.40. The van der Waals surface area contributed by atoms with Crippen molar-refractivity contribution < 1.29 is 4.39 Å². The van der Waals surface area contributed by atoms with E-state index in [-0.39, 0.29) is 5.82 Å². The Labute approximate surface area is 126 Å². The van der Waals surface area contributed by atoms with E-state index in [9.17, 15) is 4.39 Å². The van der Waals surface area contributed by atoms with Gasteiger partial charge in [-0.25, -0.2) is 9.37 Å². The van der Waals surface area contributed by atoms with E-state index >= 15 is 0 Å². The monoisotopic (exact) mass is 338 g/mol. The van der Waals surface area contributed by atoms with Gasteiger partial charge in [-0.15, -0.1) is 0 Å². The fraction of sp³-hybridized carbons (Fsp3) is 0.286. The Balaban J connectivity index is 2.04. The molecular formula is C14H16BrFN4. The quantitative estimate of drug-likeness (QED) is 0.840. The summed E-state index contributed by atoms with van der Waals surface area (Å²) in [5.41, 5.74) is 0.860. The van der Waals surface area contributed by atoms with Gasteiger partial charge in [-0.1, -0.05) is 19.1 Å². The normalized spacial score (nSPS) is 10.3. The van der Waals surface area contributed by atoms with Crippen LogP contribution in [0.2, 0.25) is 0 Å². The van der Waals surface area contributed by atoms with Crippen LogP contribution in [-0.4, -0.2) is 16.5 Å². The molecule has 0 saturated carbocycles. The summed E-state index contributed by atoms with van der Waals surface area (Å²) in [5, 5.41) is 6.29. The Morgan fingerprint density at radius 3 is 2.90 bits per heavy atom.